The molecule has 2 N–H and O–H groups in total. The van der Waals surface area contributed by atoms with Crippen LogP contribution in [0, 0.1) is 22.7 Å². The lowest BCUT2D eigenvalue weighted by molar-refractivity contribution is 0.306. The van der Waals surface area contributed by atoms with Gasteiger partial charge in [-0.05, 0) is 35.4 Å². The fourth-order valence-electron chi connectivity index (χ4n) is 3.21. The number of anilines is 1. The Kier molecular flexibility index (Phi) is 6.41. The Morgan fingerprint density at radius 1 is 0.969 bits per heavy atom. The number of benzene rings is 2. The van der Waals surface area contributed by atoms with Crippen LogP contribution in [-0.4, -0.2) is 4.98 Å². The molecule has 0 atom stereocenters. The third-order valence-electron chi connectivity index (χ3n) is 4.72. The van der Waals surface area contributed by atoms with E-state index in [0.29, 0.717) is 39.8 Å². The summed E-state index contributed by atoms with van der Waals surface area (Å²) in [5, 5.41) is 20.1. The van der Waals surface area contributed by atoms with E-state index >= 15 is 0 Å². The molecule has 4 rings (SSSR count). The molecule has 32 heavy (non-hydrogen) atoms. The maximum Gasteiger partial charge on any atom is 0.143 e. The second kappa shape index (κ2) is 9.74. The second-order valence-electron chi connectivity index (χ2n) is 6.82. The molecule has 0 amide bonds. The van der Waals surface area contributed by atoms with Gasteiger partial charge >= 0.3 is 0 Å². The molecular weight excluding hydrogens is 420 g/mol. The van der Waals surface area contributed by atoms with Crippen molar-refractivity contribution in [3.05, 3.63) is 95.4 Å². The van der Waals surface area contributed by atoms with Crippen molar-refractivity contribution in [1.82, 2.24) is 4.98 Å². The van der Waals surface area contributed by atoms with Crippen LogP contribution in [0.5, 0.6) is 5.75 Å². The van der Waals surface area contributed by atoms with Gasteiger partial charge in [0.15, 0.2) is 0 Å². The zero-order chi connectivity index (χ0) is 22.3. The second-order valence-corrected chi connectivity index (χ2v) is 7.78. The number of hydrogen-bond acceptors (Lipinski definition) is 7. The van der Waals surface area contributed by atoms with E-state index in [1.165, 1.54) is 11.8 Å². The average Bonchev–Trinajstić information content (AvgIpc) is 3.35. The largest absolute Gasteiger partial charge is 0.489 e. The molecule has 0 aliphatic carbocycles. The Morgan fingerprint density at radius 3 is 2.50 bits per heavy atom. The molecule has 0 saturated carbocycles. The SMILES string of the molecule is N#Cc1c(N)nc(SCc2ccco2)c(C#N)c1-c1cccc(OCc2ccccc2)c1. The molecule has 0 spiro atoms. The van der Waals surface area contributed by atoms with Crippen LogP contribution in [-0.2, 0) is 12.4 Å². The van der Waals surface area contributed by atoms with Crippen molar-refractivity contribution in [2.45, 2.75) is 17.4 Å². The quantitative estimate of drug-likeness (QED) is 0.377. The van der Waals surface area contributed by atoms with Crippen LogP contribution in [0.25, 0.3) is 11.1 Å². The van der Waals surface area contributed by atoms with Gasteiger partial charge in [0, 0.05) is 5.56 Å². The molecule has 2 aromatic carbocycles. The van der Waals surface area contributed by atoms with E-state index in [1.54, 1.807) is 18.4 Å². The maximum absolute atomic E-state index is 9.94. The van der Waals surface area contributed by atoms with Crippen molar-refractivity contribution in [2.24, 2.45) is 0 Å². The third-order valence-corrected chi connectivity index (χ3v) is 5.72. The van der Waals surface area contributed by atoms with Crippen molar-refractivity contribution in [1.29, 1.82) is 10.5 Å². The van der Waals surface area contributed by atoms with Crippen LogP contribution >= 0.6 is 11.8 Å². The number of thioether (sulfide) groups is 1. The number of pyridine rings is 1. The molecule has 0 unspecified atom stereocenters. The Bertz CT molecular complexity index is 1310. The molecule has 0 aliphatic rings. The summed E-state index contributed by atoms with van der Waals surface area (Å²) < 4.78 is 11.3. The van der Waals surface area contributed by atoms with Crippen LogP contribution in [0.1, 0.15) is 22.5 Å². The number of rotatable bonds is 7. The number of hydrogen-bond donors (Lipinski definition) is 1. The van der Waals surface area contributed by atoms with E-state index in [1.807, 2.05) is 54.6 Å². The van der Waals surface area contributed by atoms with Gasteiger partial charge in [0.05, 0.1) is 17.6 Å². The lowest BCUT2D eigenvalue weighted by Crippen LogP contribution is -2.03. The van der Waals surface area contributed by atoms with Crippen LogP contribution < -0.4 is 10.5 Å². The van der Waals surface area contributed by atoms with Crippen molar-refractivity contribution in [3.63, 3.8) is 0 Å². The smallest absolute Gasteiger partial charge is 0.143 e. The van der Waals surface area contributed by atoms with E-state index in [0.717, 1.165) is 11.3 Å². The average molecular weight is 439 g/mol. The summed E-state index contributed by atoms with van der Waals surface area (Å²) >= 11 is 1.34. The van der Waals surface area contributed by atoms with Gasteiger partial charge in [-0.25, -0.2) is 4.98 Å². The Morgan fingerprint density at radius 2 is 1.78 bits per heavy atom. The van der Waals surface area contributed by atoms with Crippen molar-refractivity contribution >= 4 is 17.6 Å². The minimum atomic E-state index is 0.0825. The topological polar surface area (TPSA) is 109 Å². The molecule has 2 aromatic heterocycles. The number of aromatic nitrogens is 1. The lowest BCUT2D eigenvalue weighted by Gasteiger charge is -2.14. The van der Waals surface area contributed by atoms with Gasteiger partial charge in [-0.3, -0.25) is 0 Å². The van der Waals surface area contributed by atoms with Crippen LogP contribution in [0.15, 0.2) is 82.4 Å². The van der Waals surface area contributed by atoms with Gasteiger partial charge in [0.2, 0.25) is 0 Å². The van der Waals surface area contributed by atoms with Gasteiger partial charge < -0.3 is 14.9 Å². The van der Waals surface area contributed by atoms with Gasteiger partial charge in [-0.2, -0.15) is 10.5 Å². The Balaban J connectivity index is 1.70. The van der Waals surface area contributed by atoms with Crippen LogP contribution in [0.3, 0.4) is 0 Å². The van der Waals surface area contributed by atoms with Crippen molar-refractivity contribution in [3.8, 4) is 29.0 Å². The molecule has 7 heteroatoms. The van der Waals surface area contributed by atoms with E-state index in [-0.39, 0.29) is 11.4 Å². The minimum absolute atomic E-state index is 0.0825. The summed E-state index contributed by atoms with van der Waals surface area (Å²) in [5.74, 6) is 1.94. The summed E-state index contributed by atoms with van der Waals surface area (Å²) in [4.78, 5) is 4.32. The molecule has 156 valence electrons. The summed E-state index contributed by atoms with van der Waals surface area (Å²) in [7, 11) is 0. The van der Waals surface area contributed by atoms with E-state index < -0.39 is 0 Å². The fourth-order valence-corrected chi connectivity index (χ4v) is 4.11. The predicted molar refractivity (Wildman–Crippen MR) is 123 cm³/mol. The maximum atomic E-state index is 9.94. The molecule has 0 bridgehead atoms. The molecule has 0 fully saturated rings. The van der Waals surface area contributed by atoms with Gasteiger partial charge in [0.25, 0.3) is 0 Å². The fraction of sp³-hybridized carbons (Fsp3) is 0.0800. The standard InChI is InChI=1S/C25H18N4O2S/c26-13-21-23(18-8-4-9-19(12-18)31-15-17-6-2-1-3-7-17)22(14-27)25(29-24(21)28)32-16-20-10-5-11-30-20/h1-12H,15-16H2,(H2,28,29). The minimum Gasteiger partial charge on any atom is -0.489 e. The first kappa shape index (κ1) is 21.0. The highest BCUT2D eigenvalue weighted by Crippen LogP contribution is 2.37. The van der Waals surface area contributed by atoms with Crippen LogP contribution in [0.2, 0.25) is 0 Å². The Hall–Kier alpha value is -4.20. The number of nitrogens with zero attached hydrogens (tertiary/aromatic N) is 3. The lowest BCUT2D eigenvalue weighted by atomic mass is 9.96. The first-order valence-corrected chi connectivity index (χ1v) is 10.7. The molecule has 0 radical (unpaired) electrons. The van der Waals surface area contributed by atoms with Crippen LogP contribution in [0.4, 0.5) is 5.82 Å². The molecular formula is C25H18N4O2S. The number of nitriles is 2. The molecule has 4 aromatic rings. The molecule has 2 heterocycles. The van der Waals surface area contributed by atoms with Crippen molar-refractivity contribution < 1.29 is 9.15 Å². The molecule has 0 aliphatic heterocycles. The predicted octanol–water partition coefficient (Wildman–Crippen LogP) is 5.54. The number of nitrogen functional groups attached to an aromatic ring is 1. The first-order chi connectivity index (χ1) is 15.7. The number of ether oxygens (including phenoxy) is 1. The first-order valence-electron chi connectivity index (χ1n) is 9.75. The monoisotopic (exact) mass is 438 g/mol. The third kappa shape index (κ3) is 4.59. The summed E-state index contributed by atoms with van der Waals surface area (Å²) in [5.41, 5.74) is 8.73. The normalized spacial score (nSPS) is 10.3. The number of furan rings is 1. The zero-order valence-corrected chi connectivity index (χ0v) is 17.8. The zero-order valence-electron chi connectivity index (χ0n) is 17.0. The van der Waals surface area contributed by atoms with Gasteiger partial charge in [0.1, 0.15) is 46.7 Å². The summed E-state index contributed by atoms with van der Waals surface area (Å²) in [6, 6.07) is 25.1. The molecule has 0 saturated heterocycles. The summed E-state index contributed by atoms with van der Waals surface area (Å²) in [6.07, 6.45) is 1.59. The van der Waals surface area contributed by atoms with Gasteiger partial charge in [-0.15, -0.1) is 0 Å². The number of nitrogens with two attached hydrogens (primary N) is 1. The highest BCUT2D eigenvalue weighted by molar-refractivity contribution is 7.98. The molecule has 6 nitrogen and oxygen atoms in total. The van der Waals surface area contributed by atoms with E-state index in [4.69, 9.17) is 14.9 Å². The van der Waals surface area contributed by atoms with Gasteiger partial charge in [-0.1, -0.05) is 54.2 Å². The highest BCUT2D eigenvalue weighted by atomic mass is 32.2. The van der Waals surface area contributed by atoms with E-state index in [2.05, 4.69) is 17.1 Å². The van der Waals surface area contributed by atoms with E-state index in [9.17, 15) is 10.5 Å². The Labute approximate surface area is 189 Å². The highest BCUT2D eigenvalue weighted by Gasteiger charge is 2.21. The summed E-state index contributed by atoms with van der Waals surface area (Å²) in [6.45, 7) is 0.406. The van der Waals surface area contributed by atoms with Crippen molar-refractivity contribution in [2.75, 3.05) is 5.73 Å².